The number of ether oxygens (including phenoxy) is 2. The molecule has 0 bridgehead atoms. The molecule has 18 heavy (non-hydrogen) atoms. The van der Waals surface area contributed by atoms with Crippen LogP contribution in [0.15, 0.2) is 29.1 Å². The van der Waals surface area contributed by atoms with Crippen LogP contribution in [0.3, 0.4) is 0 Å². The fourth-order valence-electron chi connectivity index (χ4n) is 1.04. The van der Waals surface area contributed by atoms with Crippen molar-refractivity contribution in [3.63, 3.8) is 0 Å². The van der Waals surface area contributed by atoms with Crippen LogP contribution in [-0.2, 0) is 14.3 Å². The third-order valence-corrected chi connectivity index (χ3v) is 1.91. The summed E-state index contributed by atoms with van der Waals surface area (Å²) in [6, 6.07) is 0. The van der Waals surface area contributed by atoms with E-state index < -0.39 is 0 Å². The highest BCUT2D eigenvalue weighted by atomic mass is 16.5. The molecule has 0 amide bonds. The van der Waals surface area contributed by atoms with Gasteiger partial charge in [-0.1, -0.05) is 6.92 Å². The number of carbonyl (C=O) groups excluding carboxylic acids is 1. The van der Waals surface area contributed by atoms with Crippen molar-refractivity contribution >= 4 is 12.5 Å². The first-order valence-electron chi connectivity index (χ1n) is 5.85. The third-order valence-electron chi connectivity index (χ3n) is 1.91. The smallest absolute Gasteiger partial charge is 0.133 e. The van der Waals surface area contributed by atoms with E-state index in [-0.39, 0.29) is 5.92 Å². The van der Waals surface area contributed by atoms with Crippen LogP contribution in [0.25, 0.3) is 0 Å². The molecule has 0 heterocycles. The van der Waals surface area contributed by atoms with Crippen LogP contribution in [0.2, 0.25) is 0 Å². The van der Waals surface area contributed by atoms with Crippen molar-refractivity contribution in [2.75, 3.05) is 33.9 Å². The largest absolute Gasteiger partial charge is 0.490 e. The van der Waals surface area contributed by atoms with E-state index in [1.807, 2.05) is 13.1 Å². The number of hydrogen-bond acceptors (Lipinski definition) is 5. The van der Waals surface area contributed by atoms with Crippen molar-refractivity contribution in [3.05, 3.63) is 24.1 Å². The minimum Gasteiger partial charge on any atom is -0.490 e. The Morgan fingerprint density at radius 1 is 1.44 bits per heavy atom. The SMILES string of the molecule is CN/C=C\CN=C/C(=C\C(C)C=O)OCCOC. The van der Waals surface area contributed by atoms with E-state index in [9.17, 15) is 4.79 Å². The van der Waals surface area contributed by atoms with Crippen LogP contribution in [0.5, 0.6) is 0 Å². The maximum absolute atomic E-state index is 10.6. The minimum atomic E-state index is -0.193. The summed E-state index contributed by atoms with van der Waals surface area (Å²) in [6.45, 7) is 3.29. The Bertz CT molecular complexity index is 299. The van der Waals surface area contributed by atoms with E-state index >= 15 is 0 Å². The zero-order chi connectivity index (χ0) is 13.6. The Balaban J connectivity index is 4.31. The second-order valence-corrected chi connectivity index (χ2v) is 3.59. The van der Waals surface area contributed by atoms with Crippen LogP contribution in [-0.4, -0.2) is 46.4 Å². The lowest BCUT2D eigenvalue weighted by Crippen LogP contribution is -2.05. The van der Waals surface area contributed by atoms with Gasteiger partial charge in [-0.05, 0) is 18.4 Å². The van der Waals surface area contributed by atoms with Gasteiger partial charge < -0.3 is 19.6 Å². The van der Waals surface area contributed by atoms with Gasteiger partial charge in [0.2, 0.25) is 0 Å². The van der Waals surface area contributed by atoms with Gasteiger partial charge in [-0.25, -0.2) is 0 Å². The Hall–Kier alpha value is -1.62. The molecule has 1 unspecified atom stereocenters. The Labute approximate surface area is 109 Å². The first-order valence-corrected chi connectivity index (χ1v) is 5.85. The zero-order valence-corrected chi connectivity index (χ0v) is 11.3. The molecular weight excluding hydrogens is 232 g/mol. The lowest BCUT2D eigenvalue weighted by atomic mass is 10.2. The van der Waals surface area contributed by atoms with Gasteiger partial charge in [0.05, 0.1) is 19.4 Å². The molecule has 0 spiro atoms. The number of aliphatic imine (C=N–C) groups is 1. The van der Waals surface area contributed by atoms with E-state index in [4.69, 9.17) is 9.47 Å². The summed E-state index contributed by atoms with van der Waals surface area (Å²) in [5.41, 5.74) is 0. The zero-order valence-electron chi connectivity index (χ0n) is 11.3. The molecular formula is C13H22N2O3. The minimum absolute atomic E-state index is 0.193. The normalized spacial score (nSPS) is 14.1. The van der Waals surface area contributed by atoms with Gasteiger partial charge in [0, 0.05) is 20.1 Å². The van der Waals surface area contributed by atoms with Crippen molar-refractivity contribution in [3.8, 4) is 0 Å². The average molecular weight is 254 g/mol. The molecule has 0 aliphatic rings. The molecule has 0 saturated heterocycles. The highest BCUT2D eigenvalue weighted by molar-refractivity contribution is 5.77. The maximum atomic E-state index is 10.6. The Morgan fingerprint density at radius 2 is 2.22 bits per heavy atom. The van der Waals surface area contributed by atoms with Crippen LogP contribution in [0.4, 0.5) is 0 Å². The third kappa shape index (κ3) is 9.59. The molecule has 0 aromatic carbocycles. The first-order chi connectivity index (χ1) is 8.74. The van der Waals surface area contributed by atoms with Gasteiger partial charge >= 0.3 is 0 Å². The summed E-state index contributed by atoms with van der Waals surface area (Å²) in [7, 11) is 3.43. The van der Waals surface area contributed by atoms with E-state index in [0.717, 1.165) is 6.29 Å². The maximum Gasteiger partial charge on any atom is 0.133 e. The van der Waals surface area contributed by atoms with Crippen molar-refractivity contribution in [2.45, 2.75) is 6.92 Å². The second-order valence-electron chi connectivity index (χ2n) is 3.59. The van der Waals surface area contributed by atoms with Crippen LogP contribution < -0.4 is 5.32 Å². The molecule has 1 atom stereocenters. The monoisotopic (exact) mass is 254 g/mol. The predicted octanol–water partition coefficient (Wildman–Crippen LogP) is 1.17. The lowest BCUT2D eigenvalue weighted by molar-refractivity contribution is -0.109. The summed E-state index contributed by atoms with van der Waals surface area (Å²) >= 11 is 0. The van der Waals surface area contributed by atoms with Gasteiger partial charge in [0.1, 0.15) is 18.7 Å². The average Bonchev–Trinajstić information content (AvgIpc) is 2.38. The molecule has 1 N–H and O–H groups in total. The number of nitrogens with zero attached hydrogens (tertiary/aromatic N) is 1. The summed E-state index contributed by atoms with van der Waals surface area (Å²) in [6.07, 6.45) is 7.89. The van der Waals surface area contributed by atoms with E-state index in [1.54, 1.807) is 32.5 Å². The van der Waals surface area contributed by atoms with Crippen molar-refractivity contribution in [1.82, 2.24) is 5.32 Å². The first kappa shape index (κ1) is 16.4. The summed E-state index contributed by atoms with van der Waals surface area (Å²) in [5.74, 6) is 0.395. The molecule has 102 valence electrons. The predicted molar refractivity (Wildman–Crippen MR) is 72.7 cm³/mol. The molecule has 5 nitrogen and oxygen atoms in total. The summed E-state index contributed by atoms with van der Waals surface area (Å²) < 4.78 is 10.3. The van der Waals surface area contributed by atoms with Gasteiger partial charge in [-0.15, -0.1) is 0 Å². The van der Waals surface area contributed by atoms with Gasteiger partial charge in [-0.3, -0.25) is 4.99 Å². The molecule has 5 heteroatoms. The van der Waals surface area contributed by atoms with E-state index in [1.165, 1.54) is 0 Å². The molecule has 0 aliphatic heterocycles. The Kier molecular flexibility index (Phi) is 10.8. The molecule has 0 radical (unpaired) electrons. The fraction of sp³-hybridized carbons (Fsp3) is 0.538. The van der Waals surface area contributed by atoms with Gasteiger partial charge in [-0.2, -0.15) is 0 Å². The number of hydrogen-bond donors (Lipinski definition) is 1. The van der Waals surface area contributed by atoms with Crippen LogP contribution >= 0.6 is 0 Å². The highest BCUT2D eigenvalue weighted by Gasteiger charge is 1.99. The molecule has 0 aliphatic carbocycles. The molecule has 0 aromatic rings. The second kappa shape index (κ2) is 11.9. The number of nitrogens with one attached hydrogen (secondary N) is 1. The van der Waals surface area contributed by atoms with E-state index in [0.29, 0.717) is 25.5 Å². The molecule has 0 rings (SSSR count). The summed E-state index contributed by atoms with van der Waals surface area (Å²) in [5, 5.41) is 2.88. The highest BCUT2D eigenvalue weighted by Crippen LogP contribution is 2.01. The Morgan fingerprint density at radius 3 is 2.83 bits per heavy atom. The standard InChI is InChI=1S/C13H22N2O3/c1-12(11-16)9-13(18-8-7-17-3)10-15-6-4-5-14-2/h4-5,9-12,14H,6-8H2,1-3H3/b5-4-,13-9+,15-10?. The molecule has 0 aromatic heterocycles. The number of rotatable bonds is 10. The molecule has 0 saturated carbocycles. The van der Waals surface area contributed by atoms with Crippen LogP contribution in [0, 0.1) is 5.92 Å². The van der Waals surface area contributed by atoms with Gasteiger partial charge in [0.25, 0.3) is 0 Å². The quantitative estimate of drug-likeness (QED) is 0.275. The van der Waals surface area contributed by atoms with Gasteiger partial charge in [0.15, 0.2) is 0 Å². The summed E-state index contributed by atoms with van der Waals surface area (Å²) in [4.78, 5) is 14.8. The lowest BCUT2D eigenvalue weighted by Gasteiger charge is -2.06. The number of allylic oxidation sites excluding steroid dienone is 2. The number of aldehydes is 1. The fourth-order valence-corrected chi connectivity index (χ4v) is 1.04. The topological polar surface area (TPSA) is 59.9 Å². The van der Waals surface area contributed by atoms with E-state index in [2.05, 4.69) is 10.3 Å². The number of carbonyl (C=O) groups is 1. The van der Waals surface area contributed by atoms with Crippen molar-refractivity contribution < 1.29 is 14.3 Å². The molecule has 0 fully saturated rings. The van der Waals surface area contributed by atoms with Crippen molar-refractivity contribution in [2.24, 2.45) is 10.9 Å². The van der Waals surface area contributed by atoms with Crippen LogP contribution in [0.1, 0.15) is 6.92 Å². The van der Waals surface area contributed by atoms with Crippen molar-refractivity contribution in [1.29, 1.82) is 0 Å². The number of methoxy groups -OCH3 is 1.